The van der Waals surface area contributed by atoms with Crippen LogP contribution in [-0.4, -0.2) is 25.0 Å². The van der Waals surface area contributed by atoms with Crippen molar-refractivity contribution in [3.63, 3.8) is 0 Å². The first-order valence-corrected chi connectivity index (χ1v) is 11.2. The fraction of sp³-hybridized carbons (Fsp3) is 0.148. The Kier molecular flexibility index (Phi) is 8.88. The number of nitrogens with one attached hydrogen (secondary N) is 2. The van der Waals surface area contributed by atoms with Crippen molar-refractivity contribution in [1.82, 2.24) is 0 Å². The number of carbonyl (C=O) groups is 2. The maximum absolute atomic E-state index is 12.5. The lowest BCUT2D eigenvalue weighted by Gasteiger charge is -2.13. The number of rotatable bonds is 9. The summed E-state index contributed by atoms with van der Waals surface area (Å²) < 4.78 is 11.3. The number of nitrogens with zero attached hydrogens (tertiary/aromatic N) is 1. The van der Waals surface area contributed by atoms with Crippen LogP contribution in [-0.2, 0) is 9.59 Å². The molecule has 3 rings (SSSR count). The topological polar surface area (TPSA) is 100 Å². The third-order valence-corrected chi connectivity index (χ3v) is 5.08. The van der Waals surface area contributed by atoms with Crippen LogP contribution in [0.5, 0.6) is 11.5 Å². The number of nitriles is 1. The molecule has 35 heavy (non-hydrogen) atoms. The van der Waals surface area contributed by atoms with Crippen LogP contribution >= 0.6 is 11.6 Å². The number of aryl methyl sites for hydroxylation is 1. The molecule has 7 nitrogen and oxygen atoms in total. The van der Waals surface area contributed by atoms with E-state index >= 15 is 0 Å². The van der Waals surface area contributed by atoms with Crippen LogP contribution in [0.3, 0.4) is 0 Å². The van der Waals surface area contributed by atoms with Crippen molar-refractivity contribution in [3.05, 3.63) is 88.5 Å². The van der Waals surface area contributed by atoms with Gasteiger partial charge in [-0.25, -0.2) is 0 Å². The molecule has 178 valence electrons. The van der Waals surface area contributed by atoms with Gasteiger partial charge < -0.3 is 20.1 Å². The summed E-state index contributed by atoms with van der Waals surface area (Å²) >= 11 is 5.86. The second-order valence-electron chi connectivity index (χ2n) is 7.42. The predicted molar refractivity (Wildman–Crippen MR) is 137 cm³/mol. The zero-order valence-electron chi connectivity index (χ0n) is 19.3. The number of para-hydroxylation sites is 1. The molecule has 0 aliphatic rings. The van der Waals surface area contributed by atoms with E-state index in [0.717, 1.165) is 5.56 Å². The van der Waals surface area contributed by atoms with Crippen LogP contribution in [0.15, 0.2) is 72.3 Å². The minimum absolute atomic E-state index is 0.0892. The molecule has 0 aliphatic heterocycles. The van der Waals surface area contributed by atoms with E-state index in [1.807, 2.05) is 44.2 Å². The van der Waals surface area contributed by atoms with Crippen molar-refractivity contribution in [2.24, 2.45) is 0 Å². The Balaban J connectivity index is 1.71. The van der Waals surface area contributed by atoms with Crippen molar-refractivity contribution in [1.29, 1.82) is 5.26 Å². The van der Waals surface area contributed by atoms with Crippen LogP contribution in [0.4, 0.5) is 11.4 Å². The quantitative estimate of drug-likeness (QED) is 0.300. The smallest absolute Gasteiger partial charge is 0.266 e. The van der Waals surface area contributed by atoms with Crippen LogP contribution in [0.1, 0.15) is 18.1 Å². The summed E-state index contributed by atoms with van der Waals surface area (Å²) in [7, 11) is 0. The third kappa shape index (κ3) is 7.36. The van der Waals surface area contributed by atoms with Crippen LogP contribution in [0.2, 0.25) is 5.02 Å². The first kappa shape index (κ1) is 25.3. The summed E-state index contributed by atoms with van der Waals surface area (Å²) in [4.78, 5) is 24.9. The summed E-state index contributed by atoms with van der Waals surface area (Å²) in [5, 5.41) is 15.5. The maximum atomic E-state index is 12.5. The molecule has 0 unspecified atom stereocenters. The van der Waals surface area contributed by atoms with Crippen molar-refractivity contribution < 1.29 is 19.1 Å². The van der Waals surface area contributed by atoms with E-state index in [4.69, 9.17) is 21.1 Å². The van der Waals surface area contributed by atoms with Gasteiger partial charge in [0.05, 0.1) is 6.61 Å². The highest BCUT2D eigenvalue weighted by Crippen LogP contribution is 2.29. The molecule has 0 bridgehead atoms. The number of hydrogen-bond acceptors (Lipinski definition) is 5. The lowest BCUT2D eigenvalue weighted by atomic mass is 10.1. The zero-order valence-corrected chi connectivity index (χ0v) is 20.1. The van der Waals surface area contributed by atoms with Gasteiger partial charge in [0.1, 0.15) is 11.6 Å². The molecule has 0 heterocycles. The Morgan fingerprint density at radius 2 is 1.74 bits per heavy atom. The van der Waals surface area contributed by atoms with E-state index in [1.54, 1.807) is 42.5 Å². The van der Waals surface area contributed by atoms with Gasteiger partial charge in [-0.3, -0.25) is 9.59 Å². The average Bonchev–Trinajstić information content (AvgIpc) is 2.85. The highest BCUT2D eigenvalue weighted by atomic mass is 35.5. The van der Waals surface area contributed by atoms with Gasteiger partial charge in [-0.2, -0.15) is 5.26 Å². The second-order valence-corrected chi connectivity index (χ2v) is 7.86. The molecule has 0 radical (unpaired) electrons. The summed E-state index contributed by atoms with van der Waals surface area (Å²) in [5.41, 5.74) is 2.65. The Morgan fingerprint density at radius 3 is 2.43 bits per heavy atom. The molecule has 0 saturated heterocycles. The fourth-order valence-electron chi connectivity index (χ4n) is 3.09. The first-order valence-electron chi connectivity index (χ1n) is 10.8. The molecular formula is C27H24ClN3O4. The standard InChI is InChI=1S/C27H24ClN3O4/c1-3-34-25-15-19(14-20(16-29)27(33)30-22-11-9-21(28)10-12-22)8-13-24(25)35-17-26(32)31-23-7-5-4-6-18(23)2/h4-15H,3,17H2,1-2H3,(H,30,33)(H,31,32). The van der Waals surface area contributed by atoms with Gasteiger partial charge in [0.2, 0.25) is 0 Å². The first-order chi connectivity index (χ1) is 16.9. The summed E-state index contributed by atoms with van der Waals surface area (Å²) in [6, 6.07) is 20.9. The average molecular weight is 490 g/mol. The van der Waals surface area contributed by atoms with Gasteiger partial charge in [0, 0.05) is 16.4 Å². The molecule has 2 amide bonds. The number of benzene rings is 3. The van der Waals surface area contributed by atoms with Gasteiger partial charge in [0.25, 0.3) is 11.8 Å². The molecule has 0 aliphatic carbocycles. The SMILES string of the molecule is CCOc1cc(C=C(C#N)C(=O)Nc2ccc(Cl)cc2)ccc1OCC(=O)Nc1ccccc1C. The van der Waals surface area contributed by atoms with Crippen molar-refractivity contribution in [3.8, 4) is 17.6 Å². The molecular weight excluding hydrogens is 466 g/mol. The summed E-state index contributed by atoms with van der Waals surface area (Å²) in [6.07, 6.45) is 1.45. The van der Waals surface area contributed by atoms with Gasteiger partial charge in [0.15, 0.2) is 18.1 Å². The van der Waals surface area contributed by atoms with E-state index in [2.05, 4.69) is 10.6 Å². The maximum Gasteiger partial charge on any atom is 0.266 e. The lowest BCUT2D eigenvalue weighted by molar-refractivity contribution is -0.118. The minimum Gasteiger partial charge on any atom is -0.490 e. The number of amides is 2. The third-order valence-electron chi connectivity index (χ3n) is 4.82. The molecule has 0 spiro atoms. The van der Waals surface area contributed by atoms with E-state index in [1.165, 1.54) is 6.08 Å². The fourth-order valence-corrected chi connectivity index (χ4v) is 3.22. The Morgan fingerprint density at radius 1 is 1.00 bits per heavy atom. The molecule has 8 heteroatoms. The molecule has 2 N–H and O–H groups in total. The van der Waals surface area contributed by atoms with E-state index in [-0.39, 0.29) is 18.1 Å². The molecule has 0 aromatic heterocycles. The molecule has 0 atom stereocenters. The molecule has 0 fully saturated rings. The van der Waals surface area contributed by atoms with Gasteiger partial charge in [-0.1, -0.05) is 35.9 Å². The van der Waals surface area contributed by atoms with Crippen molar-refractivity contribution in [2.45, 2.75) is 13.8 Å². The normalized spacial score (nSPS) is 10.7. The highest BCUT2D eigenvalue weighted by molar-refractivity contribution is 6.30. The van der Waals surface area contributed by atoms with Crippen LogP contribution in [0, 0.1) is 18.3 Å². The molecule has 0 saturated carbocycles. The van der Waals surface area contributed by atoms with Crippen molar-refractivity contribution in [2.75, 3.05) is 23.8 Å². The van der Waals surface area contributed by atoms with Crippen molar-refractivity contribution >= 4 is 40.9 Å². The second kappa shape index (κ2) is 12.3. The number of hydrogen-bond donors (Lipinski definition) is 2. The van der Waals surface area contributed by atoms with Crippen LogP contribution in [0.25, 0.3) is 6.08 Å². The summed E-state index contributed by atoms with van der Waals surface area (Å²) in [6.45, 7) is 3.87. The summed E-state index contributed by atoms with van der Waals surface area (Å²) in [5.74, 6) is -0.106. The Bertz CT molecular complexity index is 1280. The number of anilines is 2. The predicted octanol–water partition coefficient (Wildman–Crippen LogP) is 5.61. The van der Waals surface area contributed by atoms with E-state index in [9.17, 15) is 14.9 Å². The zero-order chi connectivity index (χ0) is 25.2. The van der Waals surface area contributed by atoms with E-state index in [0.29, 0.717) is 40.1 Å². The molecule has 3 aromatic rings. The van der Waals surface area contributed by atoms with Crippen LogP contribution < -0.4 is 20.1 Å². The van der Waals surface area contributed by atoms with Gasteiger partial charge in [-0.05, 0) is 73.5 Å². The molecule has 3 aromatic carbocycles. The monoisotopic (exact) mass is 489 g/mol. The van der Waals surface area contributed by atoms with Gasteiger partial charge in [-0.15, -0.1) is 0 Å². The Hall–Kier alpha value is -4.28. The highest BCUT2D eigenvalue weighted by Gasteiger charge is 2.13. The number of ether oxygens (including phenoxy) is 2. The minimum atomic E-state index is -0.555. The van der Waals surface area contributed by atoms with E-state index < -0.39 is 5.91 Å². The van der Waals surface area contributed by atoms with Gasteiger partial charge >= 0.3 is 0 Å². The Labute approximate surface area is 208 Å². The number of halogens is 1. The largest absolute Gasteiger partial charge is 0.490 e. The lowest BCUT2D eigenvalue weighted by Crippen LogP contribution is -2.20. The number of carbonyl (C=O) groups excluding carboxylic acids is 2.